The van der Waals surface area contributed by atoms with E-state index in [4.69, 9.17) is 9.88 Å². The molecule has 0 atom stereocenters. The first-order chi connectivity index (χ1) is 16.4. The molecule has 4 N–H and O–H groups in total. The Morgan fingerprint density at radius 3 is 2.59 bits per heavy atom. The molecule has 176 valence electrons. The zero-order valence-electron chi connectivity index (χ0n) is 18.1. The fraction of sp³-hybridized carbons (Fsp3) is 0.227. The van der Waals surface area contributed by atoms with E-state index in [0.29, 0.717) is 22.3 Å². The van der Waals surface area contributed by atoms with Crippen LogP contribution < -0.4 is 15.8 Å². The molecule has 1 aliphatic rings. The SMILES string of the molecule is NS(=O)(=O)c1ccc(Nc2nc3ncnc(Nc4cccc(CN5CCOCC5)c4)c3s2)cc1. The van der Waals surface area contributed by atoms with Gasteiger partial charge >= 0.3 is 0 Å². The van der Waals surface area contributed by atoms with Crippen LogP contribution in [0.1, 0.15) is 5.56 Å². The standard InChI is InChI=1S/C22H23N7O3S2/c23-34(30,31)18-6-4-16(5-7-18)27-22-28-21-19(33-22)20(24-14-25-21)26-17-3-1-2-15(12-17)13-29-8-10-32-11-9-29/h1-7,12,14H,8-11,13H2,(H2,23,30,31)(H2,24,25,26,27,28). The smallest absolute Gasteiger partial charge is 0.238 e. The monoisotopic (exact) mass is 497 g/mol. The molecule has 0 bridgehead atoms. The molecule has 0 saturated carbocycles. The number of ether oxygens (including phenoxy) is 1. The van der Waals surface area contributed by atoms with E-state index in [2.05, 4.69) is 42.6 Å². The van der Waals surface area contributed by atoms with Gasteiger partial charge in [0.2, 0.25) is 10.0 Å². The number of fused-ring (bicyclic) bond motifs is 1. The lowest BCUT2D eigenvalue weighted by atomic mass is 10.2. The number of nitrogens with zero attached hydrogens (tertiary/aromatic N) is 4. The zero-order valence-corrected chi connectivity index (χ0v) is 19.8. The number of aromatic nitrogens is 3. The average Bonchev–Trinajstić information content (AvgIpc) is 3.23. The van der Waals surface area contributed by atoms with Crippen LogP contribution in [0.3, 0.4) is 0 Å². The van der Waals surface area contributed by atoms with Crippen molar-refractivity contribution in [2.45, 2.75) is 11.4 Å². The number of sulfonamides is 1. The van der Waals surface area contributed by atoms with Gasteiger partial charge in [-0.25, -0.2) is 23.5 Å². The quantitative estimate of drug-likeness (QED) is 0.352. The largest absolute Gasteiger partial charge is 0.379 e. The zero-order chi connectivity index (χ0) is 23.5. The van der Waals surface area contributed by atoms with E-state index in [9.17, 15) is 8.42 Å². The molecule has 2 aromatic carbocycles. The molecule has 0 amide bonds. The molecule has 1 fully saturated rings. The summed E-state index contributed by atoms with van der Waals surface area (Å²) in [5, 5.41) is 12.3. The van der Waals surface area contributed by atoms with E-state index in [1.54, 1.807) is 12.1 Å². The molecule has 0 spiro atoms. The van der Waals surface area contributed by atoms with Crippen LogP contribution in [0.4, 0.5) is 22.3 Å². The molecule has 3 heterocycles. The summed E-state index contributed by atoms with van der Waals surface area (Å²) in [6.45, 7) is 4.29. The van der Waals surface area contributed by atoms with Gasteiger partial charge in [0.1, 0.15) is 11.0 Å². The van der Waals surface area contributed by atoms with Gasteiger partial charge in [-0.15, -0.1) is 0 Å². The van der Waals surface area contributed by atoms with Crippen LogP contribution >= 0.6 is 11.3 Å². The molecule has 0 unspecified atom stereocenters. The number of hydrogen-bond acceptors (Lipinski definition) is 10. The van der Waals surface area contributed by atoms with Gasteiger partial charge in [0.25, 0.3) is 0 Å². The lowest BCUT2D eigenvalue weighted by Crippen LogP contribution is -2.35. The molecule has 5 rings (SSSR count). The number of hydrogen-bond donors (Lipinski definition) is 3. The highest BCUT2D eigenvalue weighted by Gasteiger charge is 2.14. The summed E-state index contributed by atoms with van der Waals surface area (Å²) in [5.74, 6) is 0.670. The third-order valence-electron chi connectivity index (χ3n) is 5.32. The maximum Gasteiger partial charge on any atom is 0.238 e. The van der Waals surface area contributed by atoms with E-state index in [1.165, 1.54) is 35.4 Å². The van der Waals surface area contributed by atoms with E-state index < -0.39 is 10.0 Å². The van der Waals surface area contributed by atoms with Gasteiger partial charge in [-0.2, -0.15) is 4.98 Å². The second-order valence-corrected chi connectivity index (χ2v) is 10.4. The number of rotatable bonds is 7. The predicted octanol–water partition coefficient (Wildman–Crippen LogP) is 3.05. The first-order valence-electron chi connectivity index (χ1n) is 10.6. The Kier molecular flexibility index (Phi) is 6.39. The molecular weight excluding hydrogens is 474 g/mol. The maximum atomic E-state index is 11.4. The molecule has 2 aromatic heterocycles. The molecule has 0 aliphatic carbocycles. The van der Waals surface area contributed by atoms with Gasteiger partial charge in [-0.1, -0.05) is 23.5 Å². The predicted molar refractivity (Wildman–Crippen MR) is 132 cm³/mol. The molecular formula is C22H23N7O3S2. The van der Waals surface area contributed by atoms with Crippen molar-refractivity contribution < 1.29 is 13.2 Å². The summed E-state index contributed by atoms with van der Waals surface area (Å²) in [4.78, 5) is 15.7. The van der Waals surface area contributed by atoms with Crippen LogP contribution in [0.2, 0.25) is 0 Å². The van der Waals surface area contributed by atoms with Crippen molar-refractivity contribution in [2.24, 2.45) is 5.14 Å². The lowest BCUT2D eigenvalue weighted by molar-refractivity contribution is 0.0342. The minimum atomic E-state index is -3.74. The number of nitrogens with two attached hydrogens (primary N) is 1. The normalized spacial score (nSPS) is 14.9. The Bertz CT molecular complexity index is 1400. The third-order valence-corrected chi connectivity index (χ3v) is 7.22. The minimum absolute atomic E-state index is 0.0514. The van der Waals surface area contributed by atoms with Gasteiger partial charge in [0, 0.05) is 31.0 Å². The van der Waals surface area contributed by atoms with Crippen molar-refractivity contribution >= 4 is 54.0 Å². The van der Waals surface area contributed by atoms with E-state index in [1.807, 2.05) is 12.1 Å². The highest BCUT2D eigenvalue weighted by atomic mass is 32.2. The van der Waals surface area contributed by atoms with Crippen LogP contribution in [0.5, 0.6) is 0 Å². The number of anilines is 4. The maximum absolute atomic E-state index is 11.4. The fourth-order valence-corrected chi connectivity index (χ4v) is 5.05. The third kappa shape index (κ3) is 5.32. The van der Waals surface area contributed by atoms with Gasteiger partial charge in [0.15, 0.2) is 16.6 Å². The second kappa shape index (κ2) is 9.60. The number of primary sulfonamides is 1. The van der Waals surface area contributed by atoms with Crippen LogP contribution in [-0.2, 0) is 21.3 Å². The van der Waals surface area contributed by atoms with Crippen LogP contribution in [-0.4, -0.2) is 54.6 Å². The Morgan fingerprint density at radius 1 is 1.03 bits per heavy atom. The molecule has 1 saturated heterocycles. The molecule has 34 heavy (non-hydrogen) atoms. The average molecular weight is 498 g/mol. The van der Waals surface area contributed by atoms with Crippen molar-refractivity contribution in [3.05, 3.63) is 60.4 Å². The number of morpholine rings is 1. The summed E-state index contributed by atoms with van der Waals surface area (Å²) in [6, 6.07) is 14.4. The molecule has 1 aliphatic heterocycles. The first-order valence-corrected chi connectivity index (χ1v) is 13.0. The van der Waals surface area contributed by atoms with Crippen LogP contribution in [0, 0.1) is 0 Å². The Morgan fingerprint density at radius 2 is 1.82 bits per heavy atom. The summed E-state index contributed by atoms with van der Waals surface area (Å²) in [7, 11) is -3.74. The number of benzene rings is 2. The Hall–Kier alpha value is -3.16. The van der Waals surface area contributed by atoms with E-state index >= 15 is 0 Å². The Labute approximate surface area is 200 Å². The van der Waals surface area contributed by atoms with Crippen molar-refractivity contribution in [1.82, 2.24) is 19.9 Å². The van der Waals surface area contributed by atoms with Crippen molar-refractivity contribution in [1.29, 1.82) is 0 Å². The van der Waals surface area contributed by atoms with Gasteiger partial charge in [0.05, 0.1) is 18.1 Å². The fourth-order valence-electron chi connectivity index (χ4n) is 3.65. The van der Waals surface area contributed by atoms with Crippen LogP contribution in [0.15, 0.2) is 59.8 Å². The molecule has 4 aromatic rings. The summed E-state index contributed by atoms with van der Waals surface area (Å²) in [6.07, 6.45) is 1.48. The second-order valence-electron chi connectivity index (χ2n) is 7.80. The van der Waals surface area contributed by atoms with E-state index in [0.717, 1.165) is 43.2 Å². The summed E-state index contributed by atoms with van der Waals surface area (Å²) >= 11 is 1.41. The van der Waals surface area contributed by atoms with Gasteiger partial charge < -0.3 is 15.4 Å². The van der Waals surface area contributed by atoms with Gasteiger partial charge in [-0.3, -0.25) is 4.90 Å². The number of nitrogens with one attached hydrogen (secondary N) is 2. The number of thiazole rings is 1. The van der Waals surface area contributed by atoms with Crippen LogP contribution in [0.25, 0.3) is 10.3 Å². The highest BCUT2D eigenvalue weighted by molar-refractivity contribution is 7.89. The topological polar surface area (TPSA) is 135 Å². The van der Waals surface area contributed by atoms with Gasteiger partial charge in [-0.05, 0) is 42.0 Å². The minimum Gasteiger partial charge on any atom is -0.379 e. The van der Waals surface area contributed by atoms with Crippen molar-refractivity contribution in [3.63, 3.8) is 0 Å². The lowest BCUT2D eigenvalue weighted by Gasteiger charge is -2.26. The molecule has 12 heteroatoms. The van der Waals surface area contributed by atoms with Crippen molar-refractivity contribution in [3.8, 4) is 0 Å². The molecule has 10 nitrogen and oxygen atoms in total. The molecule has 0 radical (unpaired) electrons. The summed E-state index contributed by atoms with van der Waals surface area (Å²) in [5.41, 5.74) is 3.40. The highest BCUT2D eigenvalue weighted by Crippen LogP contribution is 2.33. The van der Waals surface area contributed by atoms with Crippen molar-refractivity contribution in [2.75, 3.05) is 36.9 Å². The Balaban J connectivity index is 1.33. The summed E-state index contributed by atoms with van der Waals surface area (Å²) < 4.78 is 29.1. The van der Waals surface area contributed by atoms with E-state index in [-0.39, 0.29) is 4.90 Å². The first kappa shape index (κ1) is 22.6.